The van der Waals surface area contributed by atoms with Gasteiger partial charge >= 0.3 is 5.97 Å². The monoisotopic (exact) mass is 421 g/mol. The highest BCUT2D eigenvalue weighted by atomic mass is 16.5. The molecule has 31 heavy (non-hydrogen) atoms. The van der Waals surface area contributed by atoms with Crippen molar-refractivity contribution in [2.24, 2.45) is 0 Å². The number of carbonyl (C=O) groups excluding carboxylic acids is 2. The molecule has 0 saturated carbocycles. The number of anilines is 1. The number of rotatable bonds is 5. The van der Waals surface area contributed by atoms with Crippen LogP contribution in [-0.4, -0.2) is 67.6 Å². The van der Waals surface area contributed by atoms with Gasteiger partial charge in [0.25, 0.3) is 5.91 Å². The van der Waals surface area contributed by atoms with Gasteiger partial charge in [0, 0.05) is 56.6 Å². The lowest BCUT2D eigenvalue weighted by molar-refractivity contribution is 0.0600. The van der Waals surface area contributed by atoms with Gasteiger partial charge in [-0.15, -0.1) is 0 Å². The number of nitrogens with zero attached hydrogens (tertiary/aromatic N) is 3. The fraction of sp³-hybridized carbons (Fsp3) is 0.440. The maximum atomic E-state index is 12.5. The van der Waals surface area contributed by atoms with E-state index >= 15 is 0 Å². The number of hydrogen-bond donors (Lipinski definition) is 0. The second kappa shape index (κ2) is 9.52. The van der Waals surface area contributed by atoms with E-state index in [-0.39, 0.29) is 11.9 Å². The Labute approximate surface area is 184 Å². The average Bonchev–Trinajstić information content (AvgIpc) is 3.35. The molecule has 0 bridgehead atoms. The third kappa shape index (κ3) is 4.90. The SMILES string of the molecule is COC(=O)c1ccc(N2CCN(Cc3ccc(C(=O)N4CCCC4)cc3)C(C)C2)cc1. The van der Waals surface area contributed by atoms with Crippen molar-refractivity contribution >= 4 is 17.6 Å². The number of ether oxygens (including phenoxy) is 1. The highest BCUT2D eigenvalue weighted by Crippen LogP contribution is 2.22. The Morgan fingerprint density at radius 2 is 1.55 bits per heavy atom. The molecule has 0 spiro atoms. The minimum atomic E-state index is -0.308. The molecule has 1 unspecified atom stereocenters. The topological polar surface area (TPSA) is 53.1 Å². The first kappa shape index (κ1) is 21.4. The molecule has 2 aromatic rings. The lowest BCUT2D eigenvalue weighted by Gasteiger charge is -2.41. The van der Waals surface area contributed by atoms with Crippen LogP contribution in [0.25, 0.3) is 0 Å². The van der Waals surface area contributed by atoms with Crippen LogP contribution in [-0.2, 0) is 11.3 Å². The molecule has 2 heterocycles. The Morgan fingerprint density at radius 1 is 0.903 bits per heavy atom. The van der Waals surface area contributed by atoms with Crippen LogP contribution < -0.4 is 4.90 Å². The normalized spacial score (nSPS) is 19.5. The first-order valence-corrected chi connectivity index (χ1v) is 11.1. The van der Waals surface area contributed by atoms with Crippen molar-refractivity contribution in [1.29, 1.82) is 0 Å². The first-order valence-electron chi connectivity index (χ1n) is 11.1. The number of esters is 1. The van der Waals surface area contributed by atoms with Crippen LogP contribution in [0, 0.1) is 0 Å². The maximum absolute atomic E-state index is 12.5. The van der Waals surface area contributed by atoms with Crippen molar-refractivity contribution in [3.63, 3.8) is 0 Å². The highest BCUT2D eigenvalue weighted by Gasteiger charge is 2.24. The van der Waals surface area contributed by atoms with Gasteiger partial charge in [0.05, 0.1) is 12.7 Å². The van der Waals surface area contributed by atoms with Gasteiger partial charge in [0.2, 0.25) is 0 Å². The van der Waals surface area contributed by atoms with Crippen LogP contribution in [0.1, 0.15) is 46.0 Å². The number of likely N-dealkylation sites (tertiary alicyclic amines) is 1. The van der Waals surface area contributed by atoms with E-state index in [4.69, 9.17) is 4.74 Å². The van der Waals surface area contributed by atoms with Crippen molar-refractivity contribution in [2.75, 3.05) is 44.7 Å². The van der Waals surface area contributed by atoms with E-state index in [1.165, 1.54) is 12.7 Å². The average molecular weight is 422 g/mol. The third-order valence-corrected chi connectivity index (χ3v) is 6.40. The lowest BCUT2D eigenvalue weighted by atomic mass is 10.1. The number of benzene rings is 2. The third-order valence-electron chi connectivity index (χ3n) is 6.40. The number of hydrogen-bond acceptors (Lipinski definition) is 5. The minimum Gasteiger partial charge on any atom is -0.465 e. The van der Waals surface area contributed by atoms with Gasteiger partial charge in [-0.1, -0.05) is 12.1 Å². The summed E-state index contributed by atoms with van der Waals surface area (Å²) < 4.78 is 4.78. The minimum absolute atomic E-state index is 0.157. The molecule has 2 saturated heterocycles. The van der Waals surface area contributed by atoms with Gasteiger partial charge in [-0.25, -0.2) is 4.79 Å². The van der Waals surface area contributed by atoms with Crippen molar-refractivity contribution in [3.8, 4) is 0 Å². The second-order valence-corrected chi connectivity index (χ2v) is 8.50. The molecular weight excluding hydrogens is 390 g/mol. The number of piperazine rings is 1. The molecule has 0 radical (unpaired) electrons. The molecule has 164 valence electrons. The van der Waals surface area contributed by atoms with Gasteiger partial charge in [-0.3, -0.25) is 9.69 Å². The zero-order chi connectivity index (χ0) is 21.8. The van der Waals surface area contributed by atoms with E-state index in [1.807, 2.05) is 41.3 Å². The maximum Gasteiger partial charge on any atom is 0.337 e. The molecule has 0 aliphatic carbocycles. The molecule has 6 heteroatoms. The highest BCUT2D eigenvalue weighted by molar-refractivity contribution is 5.94. The molecule has 2 fully saturated rings. The number of amides is 1. The molecular formula is C25H31N3O3. The molecule has 6 nitrogen and oxygen atoms in total. The van der Waals surface area contributed by atoms with Gasteiger partial charge in [-0.2, -0.15) is 0 Å². The molecule has 2 aliphatic rings. The van der Waals surface area contributed by atoms with Crippen LogP contribution >= 0.6 is 0 Å². The molecule has 2 aromatic carbocycles. The largest absolute Gasteiger partial charge is 0.465 e. The van der Waals surface area contributed by atoms with Gasteiger partial charge < -0.3 is 14.5 Å². The zero-order valence-corrected chi connectivity index (χ0v) is 18.4. The lowest BCUT2D eigenvalue weighted by Crippen LogP contribution is -2.51. The number of carbonyl (C=O) groups is 2. The quantitative estimate of drug-likeness (QED) is 0.693. The summed E-state index contributed by atoms with van der Waals surface area (Å²) in [6, 6.07) is 16.2. The van der Waals surface area contributed by atoms with E-state index in [9.17, 15) is 9.59 Å². The van der Waals surface area contributed by atoms with Crippen molar-refractivity contribution < 1.29 is 14.3 Å². The summed E-state index contributed by atoms with van der Waals surface area (Å²) in [6.45, 7) is 7.74. The fourth-order valence-electron chi connectivity index (χ4n) is 4.48. The van der Waals surface area contributed by atoms with Crippen molar-refractivity contribution in [3.05, 3.63) is 65.2 Å². The Morgan fingerprint density at radius 3 is 2.16 bits per heavy atom. The summed E-state index contributed by atoms with van der Waals surface area (Å²) in [7, 11) is 1.40. The van der Waals surface area contributed by atoms with Crippen LogP contribution in [0.5, 0.6) is 0 Å². The smallest absolute Gasteiger partial charge is 0.337 e. The van der Waals surface area contributed by atoms with Crippen LogP contribution in [0.3, 0.4) is 0 Å². The molecule has 1 atom stereocenters. The van der Waals surface area contributed by atoms with Crippen LogP contribution in [0.2, 0.25) is 0 Å². The molecule has 2 aliphatic heterocycles. The standard InChI is InChI=1S/C25H31N3O3/c1-19-17-28(23-11-9-22(10-12-23)25(30)31-2)16-15-27(19)18-20-5-7-21(8-6-20)24(29)26-13-3-4-14-26/h5-12,19H,3-4,13-18H2,1-2H3. The van der Waals surface area contributed by atoms with Crippen molar-refractivity contribution in [1.82, 2.24) is 9.80 Å². The summed E-state index contributed by atoms with van der Waals surface area (Å²) in [5.41, 5.74) is 3.73. The predicted octanol–water partition coefficient (Wildman–Crippen LogP) is 3.42. The van der Waals surface area contributed by atoms with E-state index in [0.29, 0.717) is 11.6 Å². The van der Waals surface area contributed by atoms with Gasteiger partial charge in [-0.05, 0) is 61.7 Å². The summed E-state index contributed by atoms with van der Waals surface area (Å²) in [5.74, 6) is -0.151. The fourth-order valence-corrected chi connectivity index (χ4v) is 4.48. The van der Waals surface area contributed by atoms with E-state index in [0.717, 1.165) is 63.4 Å². The second-order valence-electron chi connectivity index (χ2n) is 8.50. The summed E-state index contributed by atoms with van der Waals surface area (Å²) in [6.07, 6.45) is 2.23. The van der Waals surface area contributed by atoms with Crippen LogP contribution in [0.15, 0.2) is 48.5 Å². The van der Waals surface area contributed by atoms with E-state index in [2.05, 4.69) is 28.9 Å². The predicted molar refractivity (Wildman–Crippen MR) is 121 cm³/mol. The molecule has 4 rings (SSSR count). The Bertz CT molecular complexity index is 905. The summed E-state index contributed by atoms with van der Waals surface area (Å²) in [5, 5.41) is 0. The first-order chi connectivity index (χ1) is 15.0. The number of methoxy groups -OCH3 is 1. The van der Waals surface area contributed by atoms with Crippen LogP contribution in [0.4, 0.5) is 5.69 Å². The Hall–Kier alpha value is -2.86. The van der Waals surface area contributed by atoms with E-state index < -0.39 is 0 Å². The van der Waals surface area contributed by atoms with Gasteiger partial charge in [0.15, 0.2) is 0 Å². The molecule has 0 aromatic heterocycles. The van der Waals surface area contributed by atoms with E-state index in [1.54, 1.807) is 0 Å². The summed E-state index contributed by atoms with van der Waals surface area (Å²) >= 11 is 0. The molecule has 0 N–H and O–H groups in total. The molecule has 1 amide bonds. The summed E-state index contributed by atoms with van der Waals surface area (Å²) in [4.78, 5) is 31.0. The zero-order valence-electron chi connectivity index (χ0n) is 18.4. The van der Waals surface area contributed by atoms with Gasteiger partial charge in [0.1, 0.15) is 0 Å². The Balaban J connectivity index is 1.33. The Kier molecular flexibility index (Phi) is 6.56. The van der Waals surface area contributed by atoms with Crippen molar-refractivity contribution in [2.45, 2.75) is 32.4 Å².